The molecule has 0 heterocycles. The van der Waals surface area contributed by atoms with Crippen LogP contribution < -0.4 is 10.6 Å². The summed E-state index contributed by atoms with van der Waals surface area (Å²) < 4.78 is 13.4. The SMILES string of the molecule is Cc1ccc(N(C)c2ccc(F)cc2C(C)N)c(C)c1. The van der Waals surface area contributed by atoms with Crippen LogP contribution in [0, 0.1) is 19.7 Å². The van der Waals surface area contributed by atoms with Crippen molar-refractivity contribution in [2.75, 3.05) is 11.9 Å². The summed E-state index contributed by atoms with van der Waals surface area (Å²) in [7, 11) is 1.98. The highest BCUT2D eigenvalue weighted by molar-refractivity contribution is 5.69. The third-order valence-corrected chi connectivity index (χ3v) is 3.56. The molecule has 3 heteroatoms. The minimum absolute atomic E-state index is 0.214. The van der Waals surface area contributed by atoms with Gasteiger partial charge in [0.05, 0.1) is 0 Å². The third kappa shape index (κ3) is 2.83. The number of anilines is 2. The Balaban J connectivity index is 2.50. The van der Waals surface area contributed by atoms with Crippen molar-refractivity contribution >= 4 is 11.4 Å². The van der Waals surface area contributed by atoms with E-state index in [4.69, 9.17) is 5.73 Å². The summed E-state index contributed by atoms with van der Waals surface area (Å²) in [6, 6.07) is 10.9. The summed E-state index contributed by atoms with van der Waals surface area (Å²) in [6.45, 7) is 6.02. The lowest BCUT2D eigenvalue weighted by molar-refractivity contribution is 0.622. The Bertz CT molecular complexity index is 620. The van der Waals surface area contributed by atoms with E-state index in [1.54, 1.807) is 6.07 Å². The maximum Gasteiger partial charge on any atom is 0.123 e. The first-order valence-corrected chi connectivity index (χ1v) is 6.76. The molecule has 0 spiro atoms. The Morgan fingerprint density at radius 2 is 1.70 bits per heavy atom. The fraction of sp³-hybridized carbons (Fsp3) is 0.294. The minimum Gasteiger partial charge on any atom is -0.344 e. The normalized spacial score (nSPS) is 12.3. The monoisotopic (exact) mass is 272 g/mol. The molecule has 20 heavy (non-hydrogen) atoms. The highest BCUT2D eigenvalue weighted by atomic mass is 19.1. The van der Waals surface area contributed by atoms with Crippen molar-refractivity contribution < 1.29 is 4.39 Å². The molecule has 0 radical (unpaired) electrons. The smallest absolute Gasteiger partial charge is 0.123 e. The maximum atomic E-state index is 13.4. The van der Waals surface area contributed by atoms with Crippen molar-refractivity contribution in [2.24, 2.45) is 5.73 Å². The van der Waals surface area contributed by atoms with Crippen LogP contribution in [0.4, 0.5) is 15.8 Å². The van der Waals surface area contributed by atoms with Gasteiger partial charge in [0, 0.05) is 24.5 Å². The van der Waals surface area contributed by atoms with Crippen LogP contribution in [-0.2, 0) is 0 Å². The number of rotatable bonds is 3. The summed E-state index contributed by atoms with van der Waals surface area (Å²) in [5, 5.41) is 0. The molecule has 2 aromatic rings. The zero-order valence-corrected chi connectivity index (χ0v) is 12.4. The van der Waals surface area contributed by atoms with Crippen molar-refractivity contribution in [3.05, 3.63) is 58.9 Å². The zero-order chi connectivity index (χ0) is 14.9. The number of nitrogens with two attached hydrogens (primary N) is 1. The second-order valence-corrected chi connectivity index (χ2v) is 5.34. The van der Waals surface area contributed by atoms with Crippen molar-refractivity contribution in [3.63, 3.8) is 0 Å². The molecule has 2 N–H and O–H groups in total. The van der Waals surface area contributed by atoms with Crippen LogP contribution in [0.1, 0.15) is 29.7 Å². The average molecular weight is 272 g/mol. The van der Waals surface area contributed by atoms with E-state index in [2.05, 4.69) is 36.9 Å². The van der Waals surface area contributed by atoms with E-state index < -0.39 is 0 Å². The van der Waals surface area contributed by atoms with Gasteiger partial charge < -0.3 is 10.6 Å². The van der Waals surface area contributed by atoms with E-state index in [0.717, 1.165) is 16.9 Å². The van der Waals surface area contributed by atoms with E-state index in [-0.39, 0.29) is 11.9 Å². The van der Waals surface area contributed by atoms with E-state index >= 15 is 0 Å². The molecule has 0 aliphatic carbocycles. The molecule has 106 valence electrons. The second kappa shape index (κ2) is 5.63. The van der Waals surface area contributed by atoms with Gasteiger partial charge >= 0.3 is 0 Å². The number of aryl methyl sites for hydroxylation is 2. The molecular formula is C17H21FN2. The van der Waals surface area contributed by atoms with Gasteiger partial charge in [-0.25, -0.2) is 4.39 Å². The Labute approximate surface area is 120 Å². The lowest BCUT2D eigenvalue weighted by Gasteiger charge is -2.26. The molecule has 1 atom stereocenters. The van der Waals surface area contributed by atoms with Crippen LogP contribution in [0.25, 0.3) is 0 Å². The first kappa shape index (κ1) is 14.5. The highest BCUT2D eigenvalue weighted by Gasteiger charge is 2.14. The number of nitrogens with zero attached hydrogens (tertiary/aromatic N) is 1. The second-order valence-electron chi connectivity index (χ2n) is 5.34. The Kier molecular flexibility index (Phi) is 4.09. The molecule has 2 nitrogen and oxygen atoms in total. The van der Waals surface area contributed by atoms with Crippen molar-refractivity contribution in [3.8, 4) is 0 Å². The van der Waals surface area contributed by atoms with E-state index in [1.165, 1.54) is 23.3 Å². The van der Waals surface area contributed by atoms with Gasteiger partial charge in [0.15, 0.2) is 0 Å². The molecule has 1 unspecified atom stereocenters. The molecule has 0 amide bonds. The van der Waals surface area contributed by atoms with E-state index in [0.29, 0.717) is 0 Å². The van der Waals surface area contributed by atoms with Crippen LogP contribution in [0.15, 0.2) is 36.4 Å². The number of hydrogen-bond acceptors (Lipinski definition) is 2. The predicted octanol–water partition coefficient (Wildman–Crippen LogP) is 4.23. The highest BCUT2D eigenvalue weighted by Crippen LogP contribution is 2.32. The molecule has 2 rings (SSSR count). The number of hydrogen-bond donors (Lipinski definition) is 1. The zero-order valence-electron chi connectivity index (χ0n) is 12.4. The topological polar surface area (TPSA) is 29.3 Å². The maximum absolute atomic E-state index is 13.4. The molecule has 0 aliphatic heterocycles. The van der Waals surface area contributed by atoms with Crippen LogP contribution in [0.5, 0.6) is 0 Å². The minimum atomic E-state index is -0.255. The molecule has 0 saturated heterocycles. The van der Waals surface area contributed by atoms with Crippen LogP contribution in [-0.4, -0.2) is 7.05 Å². The summed E-state index contributed by atoms with van der Waals surface area (Å²) in [5.41, 5.74) is 11.2. The molecule has 0 aromatic heterocycles. The van der Waals surface area contributed by atoms with Crippen LogP contribution in [0.2, 0.25) is 0 Å². The van der Waals surface area contributed by atoms with E-state index in [9.17, 15) is 4.39 Å². The Morgan fingerprint density at radius 1 is 1.05 bits per heavy atom. The summed E-state index contributed by atoms with van der Waals surface area (Å²) in [5.74, 6) is -0.255. The first-order valence-electron chi connectivity index (χ1n) is 6.76. The molecule has 0 fully saturated rings. The third-order valence-electron chi connectivity index (χ3n) is 3.56. The van der Waals surface area contributed by atoms with Crippen molar-refractivity contribution in [1.29, 1.82) is 0 Å². The molecule has 2 aromatic carbocycles. The quantitative estimate of drug-likeness (QED) is 0.906. The first-order chi connectivity index (χ1) is 9.40. The standard InChI is InChI=1S/C17H21FN2/c1-11-5-7-16(12(2)9-11)20(4)17-8-6-14(18)10-15(17)13(3)19/h5-10,13H,19H2,1-4H3. The Morgan fingerprint density at radius 3 is 2.30 bits per heavy atom. The van der Waals surface area contributed by atoms with Gasteiger partial charge in [0.2, 0.25) is 0 Å². The van der Waals surface area contributed by atoms with Crippen LogP contribution >= 0.6 is 0 Å². The lowest BCUT2D eigenvalue weighted by atomic mass is 10.0. The van der Waals surface area contributed by atoms with E-state index in [1.807, 2.05) is 14.0 Å². The molecular weight excluding hydrogens is 251 g/mol. The number of halogens is 1. The van der Waals surface area contributed by atoms with Gasteiger partial charge in [0.25, 0.3) is 0 Å². The van der Waals surface area contributed by atoms with Gasteiger partial charge in [-0.2, -0.15) is 0 Å². The Hall–Kier alpha value is -1.87. The summed E-state index contributed by atoms with van der Waals surface area (Å²) in [6.07, 6.45) is 0. The molecule has 0 saturated carbocycles. The van der Waals surface area contributed by atoms with Gasteiger partial charge in [-0.1, -0.05) is 17.7 Å². The molecule has 0 bridgehead atoms. The fourth-order valence-electron chi connectivity index (χ4n) is 2.51. The molecule has 0 aliphatic rings. The van der Waals surface area contributed by atoms with Gasteiger partial charge in [-0.05, 0) is 56.2 Å². The van der Waals surface area contributed by atoms with Gasteiger partial charge in [-0.3, -0.25) is 0 Å². The fourth-order valence-corrected chi connectivity index (χ4v) is 2.51. The van der Waals surface area contributed by atoms with Crippen LogP contribution in [0.3, 0.4) is 0 Å². The number of benzene rings is 2. The summed E-state index contributed by atoms with van der Waals surface area (Å²) in [4.78, 5) is 2.06. The van der Waals surface area contributed by atoms with Gasteiger partial charge in [0.1, 0.15) is 5.82 Å². The largest absolute Gasteiger partial charge is 0.344 e. The summed E-state index contributed by atoms with van der Waals surface area (Å²) >= 11 is 0. The lowest BCUT2D eigenvalue weighted by Crippen LogP contribution is -2.16. The van der Waals surface area contributed by atoms with Crippen molar-refractivity contribution in [1.82, 2.24) is 0 Å². The average Bonchev–Trinajstić information content (AvgIpc) is 2.37. The predicted molar refractivity (Wildman–Crippen MR) is 83.0 cm³/mol. The van der Waals surface area contributed by atoms with Crippen molar-refractivity contribution in [2.45, 2.75) is 26.8 Å². The van der Waals surface area contributed by atoms with Gasteiger partial charge in [-0.15, -0.1) is 0 Å².